The molecule has 2 rings (SSSR count). The first kappa shape index (κ1) is 17.1. The Morgan fingerprint density at radius 3 is 2.48 bits per heavy atom. The van der Waals surface area contributed by atoms with Gasteiger partial charge in [-0.3, -0.25) is 9.69 Å². The third-order valence-electron chi connectivity index (χ3n) is 3.83. The number of aromatic nitrogens is 2. The van der Waals surface area contributed by atoms with Gasteiger partial charge in [-0.15, -0.1) is 0 Å². The van der Waals surface area contributed by atoms with Gasteiger partial charge in [0.1, 0.15) is 6.04 Å². The molecule has 1 heterocycles. The van der Waals surface area contributed by atoms with Crippen molar-refractivity contribution in [1.82, 2.24) is 19.9 Å². The molecule has 1 atom stereocenters. The van der Waals surface area contributed by atoms with Gasteiger partial charge in [0.05, 0.1) is 6.54 Å². The summed E-state index contributed by atoms with van der Waals surface area (Å²) in [6.07, 6.45) is 0. The standard InChI is InChI=1S/C17H24N4O2/c1-6-21(11-15-18-13(3)23-19-15)17(22)16(20(4)5)14-10-8-7-9-12(14)2/h7-10,16H,6,11H2,1-5H3/t16-/m1/s1. The van der Waals surface area contributed by atoms with Gasteiger partial charge < -0.3 is 9.42 Å². The van der Waals surface area contributed by atoms with Crippen LogP contribution in [0.25, 0.3) is 0 Å². The molecule has 23 heavy (non-hydrogen) atoms. The van der Waals surface area contributed by atoms with Crippen LogP contribution >= 0.6 is 0 Å². The van der Waals surface area contributed by atoms with E-state index in [2.05, 4.69) is 10.1 Å². The molecule has 0 unspecified atom stereocenters. The lowest BCUT2D eigenvalue weighted by Crippen LogP contribution is -2.40. The second-order valence-corrected chi connectivity index (χ2v) is 5.80. The van der Waals surface area contributed by atoms with Crippen molar-refractivity contribution in [2.24, 2.45) is 0 Å². The number of carbonyl (C=O) groups excluding carboxylic acids is 1. The molecule has 0 fully saturated rings. The molecule has 0 aliphatic rings. The lowest BCUT2D eigenvalue weighted by atomic mass is 9.99. The Morgan fingerprint density at radius 1 is 1.26 bits per heavy atom. The van der Waals surface area contributed by atoms with Crippen molar-refractivity contribution >= 4 is 5.91 Å². The lowest BCUT2D eigenvalue weighted by molar-refractivity contribution is -0.137. The predicted molar refractivity (Wildman–Crippen MR) is 87.7 cm³/mol. The van der Waals surface area contributed by atoms with E-state index in [-0.39, 0.29) is 11.9 Å². The number of hydrogen-bond donors (Lipinski definition) is 0. The van der Waals surface area contributed by atoms with Crippen LogP contribution in [0.2, 0.25) is 0 Å². The first-order chi connectivity index (χ1) is 10.9. The molecule has 0 saturated heterocycles. The molecule has 1 aromatic heterocycles. The highest BCUT2D eigenvalue weighted by molar-refractivity contribution is 5.83. The van der Waals surface area contributed by atoms with Gasteiger partial charge in [0.2, 0.25) is 11.8 Å². The van der Waals surface area contributed by atoms with E-state index < -0.39 is 0 Å². The minimum absolute atomic E-state index is 0.0363. The maximum atomic E-state index is 13.1. The SMILES string of the molecule is CCN(Cc1noc(C)n1)C(=O)[C@@H](c1ccccc1C)N(C)C. The van der Waals surface area contributed by atoms with E-state index in [1.807, 2.05) is 57.1 Å². The van der Waals surface area contributed by atoms with Gasteiger partial charge in [-0.1, -0.05) is 29.4 Å². The summed E-state index contributed by atoms with van der Waals surface area (Å²) >= 11 is 0. The van der Waals surface area contributed by atoms with Crippen molar-refractivity contribution < 1.29 is 9.32 Å². The van der Waals surface area contributed by atoms with Crippen molar-refractivity contribution in [2.45, 2.75) is 33.4 Å². The Hall–Kier alpha value is -2.21. The smallest absolute Gasteiger partial charge is 0.244 e. The van der Waals surface area contributed by atoms with Crippen LogP contribution in [-0.4, -0.2) is 46.5 Å². The second-order valence-electron chi connectivity index (χ2n) is 5.80. The number of rotatable bonds is 6. The third kappa shape index (κ3) is 3.96. The Bertz CT molecular complexity index is 666. The van der Waals surface area contributed by atoms with Gasteiger partial charge in [-0.05, 0) is 39.1 Å². The summed E-state index contributed by atoms with van der Waals surface area (Å²) in [5.74, 6) is 1.07. The molecule has 6 heteroatoms. The molecule has 1 aromatic carbocycles. The Kier molecular flexibility index (Phi) is 5.50. The van der Waals surface area contributed by atoms with E-state index in [9.17, 15) is 4.79 Å². The normalized spacial score (nSPS) is 12.4. The van der Waals surface area contributed by atoms with Crippen LogP contribution in [0.5, 0.6) is 0 Å². The first-order valence-corrected chi connectivity index (χ1v) is 7.74. The van der Waals surface area contributed by atoms with Crippen LogP contribution in [0.15, 0.2) is 28.8 Å². The van der Waals surface area contributed by atoms with E-state index in [0.29, 0.717) is 24.8 Å². The molecule has 0 saturated carbocycles. The lowest BCUT2D eigenvalue weighted by Gasteiger charge is -2.30. The van der Waals surface area contributed by atoms with Crippen LogP contribution < -0.4 is 0 Å². The molecule has 0 spiro atoms. The molecule has 0 aliphatic heterocycles. The maximum Gasteiger partial charge on any atom is 0.244 e. The summed E-state index contributed by atoms with van der Waals surface area (Å²) in [6, 6.07) is 7.65. The zero-order valence-corrected chi connectivity index (χ0v) is 14.4. The average molecular weight is 316 g/mol. The summed E-state index contributed by atoms with van der Waals surface area (Å²) in [7, 11) is 3.84. The number of benzene rings is 1. The van der Waals surface area contributed by atoms with Gasteiger partial charge in [-0.25, -0.2) is 0 Å². The molecule has 1 amide bonds. The van der Waals surface area contributed by atoms with Crippen molar-refractivity contribution in [3.05, 3.63) is 47.1 Å². The van der Waals surface area contributed by atoms with E-state index in [1.165, 1.54) is 0 Å². The fraction of sp³-hybridized carbons (Fsp3) is 0.471. The van der Waals surface area contributed by atoms with Gasteiger partial charge in [0.15, 0.2) is 5.82 Å². The summed E-state index contributed by atoms with van der Waals surface area (Å²) in [5.41, 5.74) is 2.12. The molecule has 0 aliphatic carbocycles. The van der Waals surface area contributed by atoms with Crippen molar-refractivity contribution in [1.29, 1.82) is 0 Å². The van der Waals surface area contributed by atoms with E-state index >= 15 is 0 Å². The van der Waals surface area contributed by atoms with Crippen LogP contribution in [-0.2, 0) is 11.3 Å². The van der Waals surface area contributed by atoms with Crippen LogP contribution in [0.1, 0.15) is 35.8 Å². The quantitative estimate of drug-likeness (QED) is 0.818. The predicted octanol–water partition coefficient (Wildman–Crippen LogP) is 2.34. The van der Waals surface area contributed by atoms with Crippen molar-refractivity contribution in [3.63, 3.8) is 0 Å². The van der Waals surface area contributed by atoms with Gasteiger partial charge >= 0.3 is 0 Å². The number of amides is 1. The second kappa shape index (κ2) is 7.37. The molecular weight excluding hydrogens is 292 g/mol. The summed E-state index contributed by atoms with van der Waals surface area (Å²) < 4.78 is 4.99. The van der Waals surface area contributed by atoms with Crippen LogP contribution in [0.3, 0.4) is 0 Å². The number of aryl methyl sites for hydroxylation is 2. The third-order valence-corrected chi connectivity index (χ3v) is 3.83. The van der Waals surface area contributed by atoms with Gasteiger partial charge in [0, 0.05) is 13.5 Å². The van der Waals surface area contributed by atoms with Crippen LogP contribution in [0, 0.1) is 13.8 Å². The van der Waals surface area contributed by atoms with Gasteiger partial charge in [0.25, 0.3) is 0 Å². The van der Waals surface area contributed by atoms with Crippen molar-refractivity contribution in [3.8, 4) is 0 Å². The molecular formula is C17H24N4O2. The number of carbonyl (C=O) groups is 1. The Morgan fingerprint density at radius 2 is 1.96 bits per heavy atom. The van der Waals surface area contributed by atoms with Gasteiger partial charge in [-0.2, -0.15) is 4.98 Å². The zero-order valence-electron chi connectivity index (χ0n) is 14.4. The van der Waals surface area contributed by atoms with Crippen molar-refractivity contribution in [2.75, 3.05) is 20.6 Å². The fourth-order valence-corrected chi connectivity index (χ4v) is 2.62. The highest BCUT2D eigenvalue weighted by atomic mass is 16.5. The number of hydrogen-bond acceptors (Lipinski definition) is 5. The summed E-state index contributed by atoms with van der Waals surface area (Å²) in [4.78, 5) is 21.0. The maximum absolute atomic E-state index is 13.1. The molecule has 6 nitrogen and oxygen atoms in total. The molecule has 0 N–H and O–H groups in total. The monoisotopic (exact) mass is 316 g/mol. The highest BCUT2D eigenvalue weighted by Gasteiger charge is 2.28. The Balaban J connectivity index is 2.27. The molecule has 0 bridgehead atoms. The number of nitrogens with zero attached hydrogens (tertiary/aromatic N) is 4. The average Bonchev–Trinajstić information content (AvgIpc) is 2.91. The van der Waals surface area contributed by atoms with E-state index in [1.54, 1.807) is 11.8 Å². The topological polar surface area (TPSA) is 62.5 Å². The first-order valence-electron chi connectivity index (χ1n) is 7.74. The number of likely N-dealkylation sites (N-methyl/N-ethyl adjacent to an activating group) is 2. The summed E-state index contributed by atoms with van der Waals surface area (Å²) in [5, 5.41) is 3.89. The molecule has 0 radical (unpaired) electrons. The highest BCUT2D eigenvalue weighted by Crippen LogP contribution is 2.24. The van der Waals surface area contributed by atoms with Crippen LogP contribution in [0.4, 0.5) is 0 Å². The minimum Gasteiger partial charge on any atom is -0.340 e. The molecule has 2 aromatic rings. The fourth-order valence-electron chi connectivity index (χ4n) is 2.62. The van der Waals surface area contributed by atoms with E-state index in [4.69, 9.17) is 4.52 Å². The largest absolute Gasteiger partial charge is 0.340 e. The summed E-state index contributed by atoms with van der Waals surface area (Å²) in [6.45, 7) is 6.66. The molecule has 124 valence electrons. The Labute approximate surface area is 137 Å². The van der Waals surface area contributed by atoms with E-state index in [0.717, 1.165) is 11.1 Å². The zero-order chi connectivity index (χ0) is 17.0. The minimum atomic E-state index is -0.329.